The van der Waals surface area contributed by atoms with Crippen molar-refractivity contribution >= 4 is 39.5 Å². The first-order valence-electron chi connectivity index (χ1n) is 39.4. The third kappa shape index (κ3) is 73.5. The normalized spacial score (nSPS) is 14.6. The second-order valence-electron chi connectivity index (χ2n) is 25.9. The number of carbonyl (C=O) groups excluding carboxylic acids is 4. The number of rotatable bonds is 73. The Balaban J connectivity index is 5.46. The number of esters is 4. The average molecular weight is 1470 g/mol. The van der Waals surface area contributed by atoms with Crippen LogP contribution >= 0.6 is 15.6 Å². The predicted octanol–water partition coefficient (Wildman–Crippen LogP) is 22.9. The lowest BCUT2D eigenvalue weighted by Crippen LogP contribution is -2.30. The van der Waals surface area contributed by atoms with Crippen LogP contribution in [0.5, 0.6) is 0 Å². The molecule has 5 atom stereocenters. The molecule has 0 bridgehead atoms. The summed E-state index contributed by atoms with van der Waals surface area (Å²) >= 11 is 0. The van der Waals surface area contributed by atoms with Crippen LogP contribution in [-0.4, -0.2) is 96.7 Å². The molecule has 19 heteroatoms. The molecule has 584 valence electrons. The fourth-order valence-electron chi connectivity index (χ4n) is 10.1. The Labute approximate surface area is 618 Å². The third-order valence-corrected chi connectivity index (χ3v) is 18.0. The zero-order valence-corrected chi connectivity index (χ0v) is 65.5. The van der Waals surface area contributed by atoms with Crippen molar-refractivity contribution in [3.05, 3.63) is 134 Å². The van der Waals surface area contributed by atoms with E-state index in [1.807, 2.05) is 12.2 Å². The van der Waals surface area contributed by atoms with Crippen molar-refractivity contribution in [2.24, 2.45) is 0 Å². The molecule has 102 heavy (non-hydrogen) atoms. The quantitative estimate of drug-likeness (QED) is 0.0169. The Morgan fingerprint density at radius 2 is 0.520 bits per heavy atom. The van der Waals surface area contributed by atoms with E-state index in [0.717, 1.165) is 148 Å². The molecule has 0 aromatic carbocycles. The molecule has 0 saturated heterocycles. The summed E-state index contributed by atoms with van der Waals surface area (Å²) in [4.78, 5) is 72.9. The van der Waals surface area contributed by atoms with Gasteiger partial charge in [-0.3, -0.25) is 37.3 Å². The number of hydrogen-bond acceptors (Lipinski definition) is 15. The van der Waals surface area contributed by atoms with Gasteiger partial charge in [0.15, 0.2) is 12.2 Å². The summed E-state index contributed by atoms with van der Waals surface area (Å²) in [7, 11) is -9.99. The molecule has 17 nitrogen and oxygen atoms in total. The monoisotopic (exact) mass is 1470 g/mol. The molecule has 0 radical (unpaired) electrons. The van der Waals surface area contributed by atoms with Crippen molar-refractivity contribution in [2.45, 2.75) is 329 Å². The zero-order valence-electron chi connectivity index (χ0n) is 63.7. The Hall–Kier alpha value is -4.80. The van der Waals surface area contributed by atoms with Crippen molar-refractivity contribution in [2.75, 3.05) is 39.6 Å². The van der Waals surface area contributed by atoms with Crippen molar-refractivity contribution in [3.8, 4) is 0 Å². The van der Waals surface area contributed by atoms with Gasteiger partial charge in [-0.25, -0.2) is 9.13 Å². The molecular weight excluding hydrogens is 1330 g/mol. The van der Waals surface area contributed by atoms with E-state index in [1.54, 1.807) is 0 Å². The highest BCUT2D eigenvalue weighted by atomic mass is 31.2. The summed E-state index contributed by atoms with van der Waals surface area (Å²) in [6.07, 6.45) is 83.0. The summed E-state index contributed by atoms with van der Waals surface area (Å²) in [6.45, 7) is 4.51. The molecular formula is C83H140O17P2. The number of carbonyl (C=O) groups is 4. The van der Waals surface area contributed by atoms with Gasteiger partial charge in [0, 0.05) is 25.7 Å². The predicted molar refractivity (Wildman–Crippen MR) is 418 cm³/mol. The minimum absolute atomic E-state index is 0.0692. The Bertz CT molecular complexity index is 2460. The Kier molecular flexibility index (Phi) is 71.0. The van der Waals surface area contributed by atoms with Crippen LogP contribution < -0.4 is 0 Å². The Morgan fingerprint density at radius 3 is 0.853 bits per heavy atom. The molecule has 0 heterocycles. The van der Waals surface area contributed by atoms with Crippen molar-refractivity contribution < 1.29 is 80.2 Å². The van der Waals surface area contributed by atoms with Crippen molar-refractivity contribution in [3.63, 3.8) is 0 Å². The van der Waals surface area contributed by atoms with Gasteiger partial charge in [-0.1, -0.05) is 264 Å². The van der Waals surface area contributed by atoms with E-state index in [2.05, 4.69) is 149 Å². The SMILES string of the molecule is CC/C=C\C/C=C\C/C=C\C/C=C\C/C=C\CCCC(=O)OCC(COP(=O)(O)OCC(O)COP(=O)(O)OCC(COC(=O)CCCC/C=C\C/C=C\C/C=C\C/C=C\CC)OC(=O)CCCCCCC/C=C\CCCCCCCC)OC(=O)CCCCCCC/C=C\CCCCCCCC. The van der Waals surface area contributed by atoms with Crippen molar-refractivity contribution in [1.29, 1.82) is 0 Å². The molecule has 0 aromatic heterocycles. The van der Waals surface area contributed by atoms with Gasteiger partial charge in [-0.05, 0) is 154 Å². The van der Waals surface area contributed by atoms with Crippen LogP contribution in [0.4, 0.5) is 0 Å². The summed E-state index contributed by atoms with van der Waals surface area (Å²) in [5, 5.41) is 10.6. The first kappa shape index (κ1) is 97.2. The van der Waals surface area contributed by atoms with Gasteiger partial charge < -0.3 is 33.8 Å². The lowest BCUT2D eigenvalue weighted by atomic mass is 10.1. The van der Waals surface area contributed by atoms with E-state index in [-0.39, 0.29) is 25.7 Å². The minimum atomic E-state index is -5.00. The maximum Gasteiger partial charge on any atom is 0.472 e. The van der Waals surface area contributed by atoms with Crippen LogP contribution in [-0.2, 0) is 65.4 Å². The number of phosphoric acid groups is 2. The van der Waals surface area contributed by atoms with Crippen LogP contribution in [0.15, 0.2) is 134 Å². The van der Waals surface area contributed by atoms with E-state index in [4.69, 9.17) is 37.0 Å². The lowest BCUT2D eigenvalue weighted by Gasteiger charge is -2.21. The largest absolute Gasteiger partial charge is 0.472 e. The third-order valence-electron chi connectivity index (χ3n) is 16.1. The van der Waals surface area contributed by atoms with Gasteiger partial charge in [0.25, 0.3) is 0 Å². The molecule has 3 N–H and O–H groups in total. The second-order valence-corrected chi connectivity index (χ2v) is 28.8. The minimum Gasteiger partial charge on any atom is -0.462 e. The number of phosphoric ester groups is 2. The number of hydrogen-bond donors (Lipinski definition) is 3. The number of ether oxygens (including phenoxy) is 4. The average Bonchev–Trinajstić information content (AvgIpc) is 0.923. The standard InChI is InChI=1S/C83H140O17P2/c1-5-9-13-17-21-25-29-33-37-38-42-44-48-52-56-60-64-68-81(86)94-74-79(100-83(88)70-66-62-58-54-50-46-41-36-32-28-24-20-16-12-8-4)76-98-102(91,92)96-72-77(84)71-95-101(89,90)97-75-78(99-82(87)69-65-61-57-53-49-45-40-35-31-27-23-19-15-11-7-3)73-93-80(85)67-63-59-55-51-47-43-39-34-30-26-22-18-14-10-6-2/h9-10,13-14,21-22,25-26,33-37,39-42,44,47,51-52,56,77-79,84H,5-8,11-12,15-20,23-24,27-32,38,43,45-46,48-50,53-55,57-76H2,1-4H3,(H,89,90)(H,91,92)/b13-9-,14-10-,25-21-,26-22-,37-33-,39-34-,40-35-,41-36-,44-42-,51-47-,56-52-. The number of aliphatic hydroxyl groups excluding tert-OH is 1. The molecule has 5 unspecified atom stereocenters. The van der Waals surface area contributed by atoms with Crippen molar-refractivity contribution in [1.82, 2.24) is 0 Å². The molecule has 0 spiro atoms. The fraction of sp³-hybridized carbons (Fsp3) is 0.687. The van der Waals surface area contributed by atoms with Gasteiger partial charge >= 0.3 is 39.5 Å². The van der Waals surface area contributed by atoms with Crippen LogP contribution in [0.2, 0.25) is 0 Å². The van der Waals surface area contributed by atoms with E-state index < -0.39 is 97.5 Å². The van der Waals surface area contributed by atoms with Crippen LogP contribution in [0.25, 0.3) is 0 Å². The van der Waals surface area contributed by atoms with Gasteiger partial charge in [0.1, 0.15) is 19.3 Å². The molecule has 0 amide bonds. The lowest BCUT2D eigenvalue weighted by molar-refractivity contribution is -0.161. The number of allylic oxidation sites excluding steroid dienone is 22. The topological polar surface area (TPSA) is 237 Å². The van der Waals surface area contributed by atoms with Gasteiger partial charge in [0.2, 0.25) is 0 Å². The fourth-order valence-corrected chi connectivity index (χ4v) is 11.7. The molecule has 0 aliphatic carbocycles. The first-order valence-corrected chi connectivity index (χ1v) is 42.4. The molecule has 0 saturated carbocycles. The van der Waals surface area contributed by atoms with Crippen LogP contribution in [0.3, 0.4) is 0 Å². The van der Waals surface area contributed by atoms with E-state index in [9.17, 15) is 43.2 Å². The summed E-state index contributed by atoms with van der Waals surface area (Å²) in [5.41, 5.74) is 0. The molecule has 0 rings (SSSR count). The van der Waals surface area contributed by atoms with Gasteiger partial charge in [-0.2, -0.15) is 0 Å². The molecule has 0 aliphatic rings. The zero-order chi connectivity index (χ0) is 74.6. The maximum absolute atomic E-state index is 13.1. The highest BCUT2D eigenvalue weighted by Crippen LogP contribution is 2.45. The number of unbranched alkanes of at least 4 members (excludes halogenated alkanes) is 25. The second kappa shape index (κ2) is 74.5. The number of aliphatic hydroxyl groups is 1. The van der Waals surface area contributed by atoms with Crippen LogP contribution in [0.1, 0.15) is 310 Å². The summed E-state index contributed by atoms with van der Waals surface area (Å²) < 4.78 is 68.5. The van der Waals surface area contributed by atoms with E-state index >= 15 is 0 Å². The molecule has 0 fully saturated rings. The summed E-state index contributed by atoms with van der Waals surface area (Å²) in [5.74, 6) is -2.31. The van der Waals surface area contributed by atoms with E-state index in [1.165, 1.54) is 77.0 Å². The first-order chi connectivity index (χ1) is 49.7. The van der Waals surface area contributed by atoms with Crippen LogP contribution in [0, 0.1) is 0 Å². The molecule has 0 aromatic rings. The highest BCUT2D eigenvalue weighted by molar-refractivity contribution is 7.47. The molecule has 0 aliphatic heterocycles. The van der Waals surface area contributed by atoms with E-state index in [0.29, 0.717) is 32.1 Å². The van der Waals surface area contributed by atoms with Gasteiger partial charge in [0.05, 0.1) is 26.4 Å². The smallest absolute Gasteiger partial charge is 0.462 e. The summed E-state index contributed by atoms with van der Waals surface area (Å²) in [6, 6.07) is 0. The Morgan fingerprint density at radius 1 is 0.284 bits per heavy atom. The van der Waals surface area contributed by atoms with Gasteiger partial charge in [-0.15, -0.1) is 0 Å². The highest BCUT2D eigenvalue weighted by Gasteiger charge is 2.30. The maximum atomic E-state index is 13.1.